The zero-order valence-corrected chi connectivity index (χ0v) is 24.6. The zero-order chi connectivity index (χ0) is 29.7. The maximum Gasteiger partial charge on any atom is 0.166 e. The number of nitrogens with one attached hydrogen (secondary N) is 1. The van der Waals surface area contributed by atoms with E-state index in [1.54, 1.807) is 28.1 Å². The number of methoxy groups -OCH3 is 2. The van der Waals surface area contributed by atoms with Crippen LogP contribution in [0.25, 0.3) is 5.69 Å². The van der Waals surface area contributed by atoms with Gasteiger partial charge in [-0.1, -0.05) is 23.7 Å². The van der Waals surface area contributed by atoms with Gasteiger partial charge in [-0.15, -0.1) is 0 Å². The van der Waals surface area contributed by atoms with Gasteiger partial charge in [0, 0.05) is 41.7 Å². The summed E-state index contributed by atoms with van der Waals surface area (Å²) in [6.45, 7) is 6.59. The average molecular weight is 575 g/mol. The van der Waals surface area contributed by atoms with Crippen LogP contribution in [0.4, 0.5) is 0 Å². The van der Waals surface area contributed by atoms with Gasteiger partial charge in [-0.3, -0.25) is 4.99 Å². The Morgan fingerprint density at radius 2 is 1.95 bits per heavy atom. The first kappa shape index (κ1) is 32.8. The maximum atomic E-state index is 10.5. The summed E-state index contributed by atoms with van der Waals surface area (Å²) in [6.07, 6.45) is 2.47. The summed E-state index contributed by atoms with van der Waals surface area (Å²) in [5.41, 5.74) is 5.67. The molecule has 0 fully saturated rings. The molecule has 2 heterocycles. The number of amidine groups is 1. The number of aldehydes is 1. The van der Waals surface area contributed by atoms with Crippen LogP contribution in [0.15, 0.2) is 59.7 Å². The number of hydrogen-bond acceptors (Lipinski definition) is 8. The van der Waals surface area contributed by atoms with Crippen molar-refractivity contribution in [3.05, 3.63) is 76.6 Å². The van der Waals surface area contributed by atoms with Crippen LogP contribution in [0.5, 0.6) is 11.5 Å². The molecule has 2 aromatic carbocycles. The van der Waals surface area contributed by atoms with Gasteiger partial charge in [0.1, 0.15) is 24.1 Å². The van der Waals surface area contributed by atoms with Crippen LogP contribution in [0.2, 0.25) is 5.02 Å². The average Bonchev–Trinajstić information content (AvgIpc) is 3.39. The fourth-order valence-electron chi connectivity index (χ4n) is 3.97. The van der Waals surface area contributed by atoms with Crippen molar-refractivity contribution < 1.29 is 28.8 Å². The number of benzene rings is 2. The SMILES string of the molecule is CCN=C(COC(C)(C)C=O)NN.CO.COc1cccc([C@H]2OCc3cccn3-c3ccc(Cl)cc32)c1OC. The minimum Gasteiger partial charge on any atom is -0.493 e. The maximum absolute atomic E-state index is 10.5. The van der Waals surface area contributed by atoms with E-state index in [-0.39, 0.29) is 12.7 Å². The van der Waals surface area contributed by atoms with E-state index in [1.165, 1.54) is 0 Å². The number of carbonyl (C=O) groups is 1. The van der Waals surface area contributed by atoms with E-state index in [0.29, 0.717) is 35.5 Å². The van der Waals surface area contributed by atoms with Crippen molar-refractivity contribution in [2.45, 2.75) is 39.1 Å². The van der Waals surface area contributed by atoms with Gasteiger partial charge in [-0.2, -0.15) is 0 Å². The molecule has 10 nitrogen and oxygen atoms in total. The first-order valence-corrected chi connectivity index (χ1v) is 13.0. The molecule has 0 spiro atoms. The van der Waals surface area contributed by atoms with Gasteiger partial charge in [0.15, 0.2) is 17.8 Å². The molecule has 1 aliphatic rings. The third-order valence-electron chi connectivity index (χ3n) is 5.86. The predicted molar refractivity (Wildman–Crippen MR) is 156 cm³/mol. The van der Waals surface area contributed by atoms with Crippen molar-refractivity contribution in [2.75, 3.05) is 34.5 Å². The number of aliphatic imine (C=N–C) groups is 1. The van der Waals surface area contributed by atoms with Crippen molar-refractivity contribution in [3.8, 4) is 17.2 Å². The number of para-hydroxylation sites is 1. The normalized spacial score (nSPS) is 14.2. The molecule has 0 saturated carbocycles. The van der Waals surface area contributed by atoms with E-state index in [4.69, 9.17) is 41.5 Å². The molecular formula is C29H39ClN4O6. The molecule has 0 saturated heterocycles. The van der Waals surface area contributed by atoms with Crippen LogP contribution in [0.3, 0.4) is 0 Å². The van der Waals surface area contributed by atoms with Crippen LogP contribution < -0.4 is 20.7 Å². The first-order chi connectivity index (χ1) is 19.3. The summed E-state index contributed by atoms with van der Waals surface area (Å²) < 4.78 is 24.7. The molecule has 0 aliphatic carbocycles. The van der Waals surface area contributed by atoms with E-state index >= 15 is 0 Å². The number of aromatic nitrogens is 1. The Bertz CT molecular complexity index is 1260. The van der Waals surface area contributed by atoms with Gasteiger partial charge < -0.3 is 38.8 Å². The predicted octanol–water partition coefficient (Wildman–Crippen LogP) is 4.24. The Labute approximate surface area is 240 Å². The van der Waals surface area contributed by atoms with Crippen LogP contribution in [-0.4, -0.2) is 61.9 Å². The number of halogens is 1. The van der Waals surface area contributed by atoms with Crippen LogP contribution in [-0.2, 0) is 20.9 Å². The number of hydrazine groups is 1. The highest BCUT2D eigenvalue weighted by Gasteiger charge is 2.28. The van der Waals surface area contributed by atoms with Crippen molar-refractivity contribution in [3.63, 3.8) is 0 Å². The third-order valence-corrected chi connectivity index (χ3v) is 6.09. The Morgan fingerprint density at radius 1 is 1.20 bits per heavy atom. The summed E-state index contributed by atoms with van der Waals surface area (Å²) in [4.78, 5) is 14.5. The lowest BCUT2D eigenvalue weighted by Crippen LogP contribution is -2.38. The number of aliphatic hydroxyl groups is 1. The molecule has 1 aromatic heterocycles. The van der Waals surface area contributed by atoms with Crippen molar-refractivity contribution >= 4 is 23.7 Å². The molecule has 0 unspecified atom stereocenters. The Hall–Kier alpha value is -3.41. The van der Waals surface area contributed by atoms with Gasteiger partial charge in [0.05, 0.1) is 26.5 Å². The lowest BCUT2D eigenvalue weighted by molar-refractivity contribution is -0.125. The molecule has 4 rings (SSSR count). The van der Waals surface area contributed by atoms with Gasteiger partial charge in [-0.05, 0) is 57.2 Å². The molecule has 218 valence electrons. The van der Waals surface area contributed by atoms with E-state index in [2.05, 4.69) is 21.1 Å². The number of hydrogen-bond donors (Lipinski definition) is 3. The lowest BCUT2D eigenvalue weighted by atomic mass is 9.98. The summed E-state index contributed by atoms with van der Waals surface area (Å²) in [5, 5.41) is 7.67. The van der Waals surface area contributed by atoms with Crippen LogP contribution >= 0.6 is 11.6 Å². The second kappa shape index (κ2) is 16.0. The molecule has 1 atom stereocenters. The molecule has 4 N–H and O–H groups in total. The summed E-state index contributed by atoms with van der Waals surface area (Å²) in [7, 11) is 4.27. The highest BCUT2D eigenvalue weighted by Crippen LogP contribution is 2.43. The van der Waals surface area contributed by atoms with Crippen molar-refractivity contribution in [2.24, 2.45) is 10.8 Å². The van der Waals surface area contributed by atoms with Crippen molar-refractivity contribution in [1.82, 2.24) is 9.99 Å². The first-order valence-electron chi connectivity index (χ1n) is 12.6. The second-order valence-electron chi connectivity index (χ2n) is 8.92. The lowest BCUT2D eigenvalue weighted by Gasteiger charge is -2.22. The summed E-state index contributed by atoms with van der Waals surface area (Å²) in [5.74, 6) is 7.07. The quantitative estimate of drug-likeness (QED) is 0.120. The molecule has 1 aliphatic heterocycles. The number of nitrogens with zero attached hydrogens (tertiary/aromatic N) is 2. The molecule has 40 heavy (non-hydrogen) atoms. The van der Waals surface area contributed by atoms with E-state index in [0.717, 1.165) is 35.9 Å². The Balaban J connectivity index is 0.000000319. The van der Waals surface area contributed by atoms with E-state index < -0.39 is 5.60 Å². The smallest absolute Gasteiger partial charge is 0.166 e. The fourth-order valence-corrected chi connectivity index (χ4v) is 4.15. The molecule has 3 aromatic rings. The Kier molecular flexibility index (Phi) is 13.1. The van der Waals surface area contributed by atoms with Crippen LogP contribution in [0.1, 0.15) is 43.7 Å². The number of carbonyl (C=O) groups excluding carboxylic acids is 1. The standard InChI is InChI=1S/C20H18ClNO3.C8H17N3O2.CH4O/c1-23-18-7-3-6-15(20(18)24-2)19-16-11-13(21)8-9-17(16)22-10-4-5-14(22)12-25-19;1-4-10-7(11-9)5-13-8(2,3)6-12;1-2/h3-11,19H,12H2,1-2H3;6H,4-5,9H2,1-3H3,(H,10,11);2H,1H3/t19-;;/m1../s1. The molecular weight excluding hydrogens is 536 g/mol. The molecule has 0 radical (unpaired) electrons. The third kappa shape index (κ3) is 8.30. The topological polar surface area (TPSA) is 130 Å². The van der Waals surface area contributed by atoms with Gasteiger partial charge in [0.2, 0.25) is 0 Å². The van der Waals surface area contributed by atoms with E-state index in [9.17, 15) is 4.79 Å². The van der Waals surface area contributed by atoms with E-state index in [1.807, 2.05) is 55.6 Å². The Morgan fingerprint density at radius 3 is 2.58 bits per heavy atom. The number of nitrogens with two attached hydrogens (primary N) is 1. The van der Waals surface area contributed by atoms with Gasteiger partial charge in [0.25, 0.3) is 0 Å². The fraction of sp³-hybridized carbons (Fsp3) is 0.379. The van der Waals surface area contributed by atoms with Crippen molar-refractivity contribution in [1.29, 1.82) is 0 Å². The minimum atomic E-state index is -0.786. The van der Waals surface area contributed by atoms with Gasteiger partial charge >= 0.3 is 0 Å². The number of fused-ring (bicyclic) bond motifs is 3. The largest absolute Gasteiger partial charge is 0.493 e. The highest BCUT2D eigenvalue weighted by molar-refractivity contribution is 6.30. The number of ether oxygens (including phenoxy) is 4. The zero-order valence-electron chi connectivity index (χ0n) is 23.8. The molecule has 0 bridgehead atoms. The summed E-state index contributed by atoms with van der Waals surface area (Å²) in [6, 6.07) is 15.8. The number of aliphatic hydroxyl groups excluding tert-OH is 1. The monoisotopic (exact) mass is 574 g/mol. The van der Waals surface area contributed by atoms with Gasteiger partial charge in [-0.25, -0.2) is 5.84 Å². The minimum absolute atomic E-state index is 0.218. The highest BCUT2D eigenvalue weighted by atomic mass is 35.5. The summed E-state index contributed by atoms with van der Waals surface area (Å²) >= 11 is 6.30. The molecule has 0 amide bonds. The van der Waals surface area contributed by atoms with Crippen LogP contribution in [0, 0.1) is 0 Å². The second-order valence-corrected chi connectivity index (χ2v) is 9.36. The number of rotatable bonds is 8. The molecule has 11 heteroatoms.